The van der Waals surface area contributed by atoms with E-state index < -0.39 is 0 Å². The number of benzene rings is 1. The van der Waals surface area contributed by atoms with Gasteiger partial charge in [-0.25, -0.2) is 0 Å². The Labute approximate surface area is 153 Å². The lowest BCUT2D eigenvalue weighted by molar-refractivity contribution is 0.310. The van der Waals surface area contributed by atoms with Gasteiger partial charge in [-0.1, -0.05) is 29.8 Å². The van der Waals surface area contributed by atoms with Gasteiger partial charge in [-0.05, 0) is 49.4 Å². The van der Waals surface area contributed by atoms with Crippen molar-refractivity contribution in [3.63, 3.8) is 0 Å². The smallest absolute Gasteiger partial charge is 0.0489 e. The molecule has 0 bridgehead atoms. The molecule has 3 heterocycles. The van der Waals surface area contributed by atoms with E-state index in [2.05, 4.69) is 51.8 Å². The molecule has 4 rings (SSSR count). The second kappa shape index (κ2) is 6.66. The number of pyridine rings is 1. The standard InChI is InChI=1S/C21H22ClN3/c1-15-5-6-16(13-23-15)4-3-10-25-20-8-7-17(22)12-18(20)19-14-24(2)11-9-21(19)25/h3-8,12-13H,9-11,14H2,1-2H3. The van der Waals surface area contributed by atoms with Gasteiger partial charge in [0, 0.05) is 59.6 Å². The molecule has 2 aromatic heterocycles. The lowest BCUT2D eigenvalue weighted by atomic mass is 10.1. The summed E-state index contributed by atoms with van der Waals surface area (Å²) in [6.45, 7) is 4.96. The average molecular weight is 352 g/mol. The first-order valence-corrected chi connectivity index (χ1v) is 9.07. The Morgan fingerprint density at radius 3 is 2.92 bits per heavy atom. The number of likely N-dealkylation sites (N-methyl/N-ethyl adjacent to an activating group) is 1. The fraction of sp³-hybridized carbons (Fsp3) is 0.286. The van der Waals surface area contributed by atoms with Gasteiger partial charge in [0.2, 0.25) is 0 Å². The minimum atomic E-state index is 0.807. The maximum atomic E-state index is 6.26. The van der Waals surface area contributed by atoms with Crippen molar-refractivity contribution in [2.75, 3.05) is 13.6 Å². The van der Waals surface area contributed by atoms with Crippen molar-refractivity contribution in [2.45, 2.75) is 26.4 Å². The molecule has 0 amide bonds. The van der Waals surface area contributed by atoms with Crippen LogP contribution in [0.25, 0.3) is 17.0 Å². The topological polar surface area (TPSA) is 21.1 Å². The van der Waals surface area contributed by atoms with Crippen molar-refractivity contribution < 1.29 is 0 Å². The number of hydrogen-bond acceptors (Lipinski definition) is 2. The maximum absolute atomic E-state index is 6.26. The molecule has 0 fully saturated rings. The Morgan fingerprint density at radius 2 is 2.12 bits per heavy atom. The number of halogens is 1. The Hall–Kier alpha value is -2.10. The minimum Gasteiger partial charge on any atom is -0.340 e. The number of rotatable bonds is 3. The van der Waals surface area contributed by atoms with E-state index in [9.17, 15) is 0 Å². The van der Waals surface area contributed by atoms with E-state index in [0.29, 0.717) is 0 Å². The summed E-state index contributed by atoms with van der Waals surface area (Å²) in [4.78, 5) is 6.73. The highest BCUT2D eigenvalue weighted by Gasteiger charge is 2.21. The molecule has 0 saturated carbocycles. The van der Waals surface area contributed by atoms with Crippen LogP contribution in [0, 0.1) is 6.92 Å². The number of nitrogens with zero attached hydrogens (tertiary/aromatic N) is 3. The fourth-order valence-corrected chi connectivity index (χ4v) is 3.81. The number of allylic oxidation sites excluding steroid dienone is 1. The van der Waals surface area contributed by atoms with Crippen LogP contribution in [0.1, 0.15) is 22.5 Å². The quantitative estimate of drug-likeness (QED) is 0.682. The first-order chi connectivity index (χ1) is 12.1. The molecule has 0 saturated heterocycles. The molecule has 0 aliphatic carbocycles. The molecule has 0 radical (unpaired) electrons. The summed E-state index contributed by atoms with van der Waals surface area (Å²) in [5.74, 6) is 0. The van der Waals surface area contributed by atoms with E-state index in [0.717, 1.165) is 42.3 Å². The lowest BCUT2D eigenvalue weighted by Gasteiger charge is -2.24. The van der Waals surface area contributed by atoms with E-state index >= 15 is 0 Å². The van der Waals surface area contributed by atoms with E-state index in [-0.39, 0.29) is 0 Å². The molecule has 4 heteroatoms. The predicted molar refractivity (Wildman–Crippen MR) is 105 cm³/mol. The third-order valence-corrected chi connectivity index (χ3v) is 5.17. The van der Waals surface area contributed by atoms with Gasteiger partial charge in [0.15, 0.2) is 0 Å². The van der Waals surface area contributed by atoms with Crippen LogP contribution in [0.2, 0.25) is 5.02 Å². The monoisotopic (exact) mass is 351 g/mol. The molecule has 128 valence electrons. The summed E-state index contributed by atoms with van der Waals surface area (Å²) in [7, 11) is 2.18. The van der Waals surface area contributed by atoms with Crippen molar-refractivity contribution >= 4 is 28.6 Å². The SMILES string of the molecule is Cc1ccc(C=CCn2c3c(c4cc(Cl)ccc42)CN(C)CC3)cn1. The summed E-state index contributed by atoms with van der Waals surface area (Å²) in [5, 5.41) is 2.10. The second-order valence-electron chi connectivity index (χ2n) is 6.82. The average Bonchev–Trinajstić information content (AvgIpc) is 2.89. The largest absolute Gasteiger partial charge is 0.340 e. The number of fused-ring (bicyclic) bond motifs is 3. The maximum Gasteiger partial charge on any atom is 0.0489 e. The normalized spacial score (nSPS) is 15.2. The van der Waals surface area contributed by atoms with Gasteiger partial charge in [0.25, 0.3) is 0 Å². The Kier molecular flexibility index (Phi) is 4.36. The first kappa shape index (κ1) is 16.4. The molecule has 3 aromatic rings. The molecule has 3 nitrogen and oxygen atoms in total. The highest BCUT2D eigenvalue weighted by atomic mass is 35.5. The van der Waals surface area contributed by atoms with E-state index in [1.165, 1.54) is 22.2 Å². The van der Waals surface area contributed by atoms with Gasteiger partial charge in [-0.2, -0.15) is 0 Å². The van der Waals surface area contributed by atoms with Crippen LogP contribution >= 0.6 is 11.6 Å². The van der Waals surface area contributed by atoms with Crippen LogP contribution in [0.4, 0.5) is 0 Å². The van der Waals surface area contributed by atoms with Gasteiger partial charge in [0.05, 0.1) is 0 Å². The third kappa shape index (κ3) is 3.22. The van der Waals surface area contributed by atoms with Crippen LogP contribution in [0.5, 0.6) is 0 Å². The van der Waals surface area contributed by atoms with Gasteiger partial charge >= 0.3 is 0 Å². The molecule has 25 heavy (non-hydrogen) atoms. The van der Waals surface area contributed by atoms with Crippen LogP contribution in [-0.2, 0) is 19.5 Å². The van der Waals surface area contributed by atoms with Crippen molar-refractivity contribution in [1.29, 1.82) is 0 Å². The molecule has 0 atom stereocenters. The summed E-state index contributed by atoms with van der Waals surface area (Å²) in [6.07, 6.45) is 7.37. The van der Waals surface area contributed by atoms with Crippen LogP contribution < -0.4 is 0 Å². The van der Waals surface area contributed by atoms with Crippen molar-refractivity contribution in [3.8, 4) is 0 Å². The molecular weight excluding hydrogens is 330 g/mol. The van der Waals surface area contributed by atoms with Gasteiger partial charge in [-0.15, -0.1) is 0 Å². The molecule has 1 aliphatic heterocycles. The molecular formula is C21H22ClN3. The van der Waals surface area contributed by atoms with Gasteiger partial charge < -0.3 is 9.47 Å². The number of aromatic nitrogens is 2. The minimum absolute atomic E-state index is 0.807. The first-order valence-electron chi connectivity index (χ1n) is 8.69. The Morgan fingerprint density at radius 1 is 1.24 bits per heavy atom. The summed E-state index contributed by atoms with van der Waals surface area (Å²) in [5.41, 5.74) is 6.33. The van der Waals surface area contributed by atoms with Crippen molar-refractivity contribution in [2.24, 2.45) is 0 Å². The fourth-order valence-electron chi connectivity index (χ4n) is 3.64. The highest BCUT2D eigenvalue weighted by Crippen LogP contribution is 2.32. The zero-order chi connectivity index (χ0) is 17.4. The van der Waals surface area contributed by atoms with Gasteiger partial charge in [0.1, 0.15) is 0 Å². The third-order valence-electron chi connectivity index (χ3n) is 4.94. The molecule has 0 unspecified atom stereocenters. The molecule has 1 aliphatic rings. The summed E-state index contributed by atoms with van der Waals surface area (Å²) in [6, 6.07) is 10.4. The summed E-state index contributed by atoms with van der Waals surface area (Å²) < 4.78 is 2.44. The second-order valence-corrected chi connectivity index (χ2v) is 7.26. The molecule has 0 N–H and O–H groups in total. The predicted octanol–water partition coefficient (Wildman–Crippen LogP) is 4.70. The molecule has 1 aromatic carbocycles. The van der Waals surface area contributed by atoms with E-state index in [1.807, 2.05) is 25.3 Å². The zero-order valence-electron chi connectivity index (χ0n) is 14.7. The molecule has 0 spiro atoms. The van der Waals surface area contributed by atoms with Gasteiger partial charge in [-0.3, -0.25) is 4.98 Å². The Bertz CT molecular complexity index is 938. The van der Waals surface area contributed by atoms with Crippen molar-refractivity contribution in [1.82, 2.24) is 14.5 Å². The van der Waals surface area contributed by atoms with E-state index in [4.69, 9.17) is 11.6 Å². The van der Waals surface area contributed by atoms with Crippen LogP contribution in [-0.4, -0.2) is 28.0 Å². The summed E-state index contributed by atoms with van der Waals surface area (Å²) >= 11 is 6.26. The highest BCUT2D eigenvalue weighted by molar-refractivity contribution is 6.31. The number of hydrogen-bond donors (Lipinski definition) is 0. The lowest BCUT2D eigenvalue weighted by Crippen LogP contribution is -2.27. The van der Waals surface area contributed by atoms with Crippen LogP contribution in [0.15, 0.2) is 42.6 Å². The van der Waals surface area contributed by atoms with Crippen LogP contribution in [0.3, 0.4) is 0 Å². The Balaban J connectivity index is 1.70. The number of aryl methyl sites for hydroxylation is 1. The zero-order valence-corrected chi connectivity index (χ0v) is 15.4. The van der Waals surface area contributed by atoms with Crippen molar-refractivity contribution in [3.05, 3.63) is 70.1 Å². The van der Waals surface area contributed by atoms with E-state index in [1.54, 1.807) is 0 Å².